The highest BCUT2D eigenvalue weighted by molar-refractivity contribution is 5.89. The number of nitrogens with zero attached hydrogens (tertiary/aromatic N) is 3. The van der Waals surface area contributed by atoms with Crippen LogP contribution in [0.4, 0.5) is 0 Å². The minimum absolute atomic E-state index is 0.262. The number of rotatable bonds is 8. The Morgan fingerprint density at radius 2 is 1.59 bits per heavy atom. The predicted molar refractivity (Wildman–Crippen MR) is 113 cm³/mol. The van der Waals surface area contributed by atoms with Crippen molar-refractivity contribution in [2.45, 2.75) is 95.2 Å². The summed E-state index contributed by atoms with van der Waals surface area (Å²) in [6.45, 7) is 3.11. The van der Waals surface area contributed by atoms with Crippen molar-refractivity contribution >= 4 is 5.90 Å². The third kappa shape index (κ3) is 3.14. The Hall–Kier alpha value is -2.18. The van der Waals surface area contributed by atoms with Crippen LogP contribution < -0.4 is 0 Å². The lowest BCUT2D eigenvalue weighted by molar-refractivity contribution is -0.329. The van der Waals surface area contributed by atoms with E-state index in [1.807, 2.05) is 0 Å². The smallest absolute Gasteiger partial charge is 0.217 e. The van der Waals surface area contributed by atoms with Crippen molar-refractivity contribution in [1.82, 2.24) is 0 Å². The minimum atomic E-state index is -1.82. The van der Waals surface area contributed by atoms with Crippen molar-refractivity contribution in [1.29, 1.82) is 21.2 Å². The lowest BCUT2D eigenvalue weighted by Crippen LogP contribution is -2.65. The number of ether oxygens (including phenoxy) is 4. The summed E-state index contributed by atoms with van der Waals surface area (Å²) in [4.78, 5) is 0. The summed E-state index contributed by atoms with van der Waals surface area (Å²) in [7, 11) is 0. The fourth-order valence-electron chi connectivity index (χ4n) is 6.21. The minimum Gasteiger partial charge on any atom is -0.447 e. The lowest BCUT2D eigenvalue weighted by Gasteiger charge is -2.54. The second kappa shape index (κ2) is 8.64. The van der Waals surface area contributed by atoms with Gasteiger partial charge in [0.1, 0.15) is 0 Å². The van der Waals surface area contributed by atoms with E-state index in [9.17, 15) is 15.8 Å². The number of nitriles is 3. The SMILES string of the molecule is CCCCCCCCCC1OC23CCC4(CC2C(C#N)(C(=N)O3)C1(C#N)C#N)OCCO4. The van der Waals surface area contributed by atoms with Gasteiger partial charge in [-0.25, -0.2) is 0 Å². The van der Waals surface area contributed by atoms with Crippen LogP contribution in [0.2, 0.25) is 0 Å². The summed E-state index contributed by atoms with van der Waals surface area (Å²) in [5, 5.41) is 39.6. The van der Waals surface area contributed by atoms with E-state index in [2.05, 4.69) is 25.1 Å². The first-order valence-corrected chi connectivity index (χ1v) is 12.0. The van der Waals surface area contributed by atoms with Crippen LogP contribution in [0.1, 0.15) is 77.6 Å². The molecule has 3 saturated heterocycles. The van der Waals surface area contributed by atoms with Crippen LogP contribution in [0, 0.1) is 56.2 Å². The van der Waals surface area contributed by atoms with Gasteiger partial charge in [-0.2, -0.15) is 15.8 Å². The highest BCUT2D eigenvalue weighted by atomic mass is 16.7. The molecule has 0 amide bonds. The van der Waals surface area contributed by atoms with Gasteiger partial charge in [-0.1, -0.05) is 51.9 Å². The number of hydrogen-bond acceptors (Lipinski definition) is 8. The van der Waals surface area contributed by atoms with E-state index in [1.165, 1.54) is 25.7 Å². The standard InChI is InChI=1S/C24H32N4O4/c1-2-3-4-5-6-7-8-9-19-21(15-25,16-26)23(17-27)18-14-22(29-12-13-30-22)10-11-24(18,31-19)32-20(23)28/h18-19,28H,2-14H2,1H3. The van der Waals surface area contributed by atoms with Crippen LogP contribution in [-0.2, 0) is 18.9 Å². The van der Waals surface area contributed by atoms with Crippen LogP contribution in [0.5, 0.6) is 0 Å². The van der Waals surface area contributed by atoms with E-state index >= 15 is 0 Å². The van der Waals surface area contributed by atoms with Gasteiger partial charge in [0.2, 0.25) is 11.7 Å². The molecule has 4 rings (SSSR count). The zero-order chi connectivity index (χ0) is 22.9. The molecule has 0 aromatic rings. The molecule has 0 aromatic carbocycles. The zero-order valence-corrected chi connectivity index (χ0v) is 18.8. The molecule has 0 radical (unpaired) electrons. The van der Waals surface area contributed by atoms with Crippen LogP contribution in [0.15, 0.2) is 0 Å². The molecule has 4 fully saturated rings. The summed E-state index contributed by atoms with van der Waals surface area (Å²) in [5.74, 6) is -3.06. The maximum Gasteiger partial charge on any atom is 0.217 e. The first-order valence-electron chi connectivity index (χ1n) is 12.0. The fourth-order valence-corrected chi connectivity index (χ4v) is 6.21. The summed E-state index contributed by atoms with van der Waals surface area (Å²) in [5.41, 5.74) is -3.52. The monoisotopic (exact) mass is 440 g/mol. The molecule has 3 heterocycles. The summed E-state index contributed by atoms with van der Waals surface area (Å²) in [6.07, 6.45) is 8.58. The highest BCUT2D eigenvalue weighted by Crippen LogP contribution is 2.68. The van der Waals surface area contributed by atoms with E-state index < -0.39 is 34.4 Å². The Morgan fingerprint density at radius 1 is 0.938 bits per heavy atom. The van der Waals surface area contributed by atoms with Crippen LogP contribution in [-0.4, -0.2) is 36.8 Å². The Balaban J connectivity index is 1.60. The highest BCUT2D eigenvalue weighted by Gasteiger charge is 2.81. The van der Waals surface area contributed by atoms with Gasteiger partial charge in [-0.05, 0) is 6.42 Å². The first kappa shape index (κ1) is 23.0. The molecule has 1 N–H and O–H groups in total. The second-order valence-corrected chi connectivity index (χ2v) is 9.58. The maximum atomic E-state index is 10.4. The van der Waals surface area contributed by atoms with Crippen LogP contribution in [0.3, 0.4) is 0 Å². The van der Waals surface area contributed by atoms with Crippen molar-refractivity contribution in [3.63, 3.8) is 0 Å². The Kier molecular flexibility index (Phi) is 6.21. The van der Waals surface area contributed by atoms with Crippen molar-refractivity contribution < 1.29 is 18.9 Å². The predicted octanol–water partition coefficient (Wildman–Crippen LogP) is 4.32. The van der Waals surface area contributed by atoms with E-state index in [0.29, 0.717) is 32.5 Å². The maximum absolute atomic E-state index is 10.4. The first-order chi connectivity index (χ1) is 15.5. The molecule has 8 heteroatoms. The molecule has 1 aliphatic carbocycles. The summed E-state index contributed by atoms with van der Waals surface area (Å²) in [6, 6.07) is 6.49. The zero-order valence-electron chi connectivity index (χ0n) is 18.8. The van der Waals surface area contributed by atoms with Crippen LogP contribution in [0.25, 0.3) is 0 Å². The van der Waals surface area contributed by atoms with E-state index in [1.54, 1.807) is 0 Å². The third-order valence-electron chi connectivity index (χ3n) is 7.92. The molecule has 4 unspecified atom stereocenters. The average Bonchev–Trinajstić information content (AvgIpc) is 3.33. The van der Waals surface area contributed by atoms with Gasteiger partial charge in [0.05, 0.1) is 43.4 Å². The Morgan fingerprint density at radius 3 is 2.22 bits per heavy atom. The van der Waals surface area contributed by atoms with Crippen molar-refractivity contribution in [3.05, 3.63) is 0 Å². The quantitative estimate of drug-likeness (QED) is 0.556. The van der Waals surface area contributed by atoms with Crippen molar-refractivity contribution in [3.8, 4) is 18.2 Å². The van der Waals surface area contributed by atoms with E-state index in [0.717, 1.165) is 19.3 Å². The molecule has 8 nitrogen and oxygen atoms in total. The largest absolute Gasteiger partial charge is 0.447 e. The molecule has 4 aliphatic rings. The normalized spacial score (nSPS) is 36.0. The molecule has 0 aromatic heterocycles. The third-order valence-corrected chi connectivity index (χ3v) is 7.92. The molecule has 1 spiro atoms. The molecule has 3 aliphatic heterocycles. The molecule has 4 atom stereocenters. The Bertz CT molecular complexity index is 851. The molecular formula is C24H32N4O4. The lowest BCUT2D eigenvalue weighted by atomic mass is 9.51. The van der Waals surface area contributed by atoms with Crippen molar-refractivity contribution in [2.75, 3.05) is 13.2 Å². The Labute approximate surface area is 189 Å². The summed E-state index contributed by atoms with van der Waals surface area (Å²) < 4.78 is 24.2. The van der Waals surface area contributed by atoms with Gasteiger partial charge in [0.25, 0.3) is 0 Å². The van der Waals surface area contributed by atoms with E-state index in [4.69, 9.17) is 24.4 Å². The topological polar surface area (TPSA) is 132 Å². The van der Waals surface area contributed by atoms with Gasteiger partial charge in [0.15, 0.2) is 16.6 Å². The van der Waals surface area contributed by atoms with Crippen LogP contribution >= 0.6 is 0 Å². The fraction of sp³-hybridized carbons (Fsp3) is 0.833. The molecule has 172 valence electrons. The molecular weight excluding hydrogens is 408 g/mol. The van der Waals surface area contributed by atoms with Gasteiger partial charge in [-0.3, -0.25) is 5.41 Å². The number of hydrogen-bond donors (Lipinski definition) is 1. The van der Waals surface area contributed by atoms with Gasteiger partial charge < -0.3 is 18.9 Å². The average molecular weight is 441 g/mol. The van der Waals surface area contributed by atoms with Gasteiger partial charge in [0, 0.05) is 19.3 Å². The van der Waals surface area contributed by atoms with Gasteiger partial charge >= 0.3 is 0 Å². The molecule has 2 bridgehead atoms. The second-order valence-electron chi connectivity index (χ2n) is 9.58. The summed E-state index contributed by atoms with van der Waals surface area (Å²) >= 11 is 0. The number of nitrogens with one attached hydrogen (secondary N) is 1. The van der Waals surface area contributed by atoms with E-state index in [-0.39, 0.29) is 12.3 Å². The number of unbranched alkanes of at least 4 members (excludes halogenated alkanes) is 6. The van der Waals surface area contributed by atoms with Crippen molar-refractivity contribution in [2.24, 2.45) is 16.7 Å². The van der Waals surface area contributed by atoms with Gasteiger partial charge in [-0.15, -0.1) is 0 Å². The molecule has 32 heavy (non-hydrogen) atoms. The molecule has 1 saturated carbocycles.